The van der Waals surface area contributed by atoms with Crippen molar-refractivity contribution in [3.63, 3.8) is 0 Å². The highest BCUT2D eigenvalue weighted by Crippen LogP contribution is 2.54. The molecule has 6 heterocycles. The van der Waals surface area contributed by atoms with Crippen molar-refractivity contribution in [3.05, 3.63) is 261 Å². The van der Waals surface area contributed by atoms with E-state index >= 15 is 0 Å². The molecule has 0 saturated carbocycles. The molecule has 0 spiro atoms. The number of benzene rings is 11. The number of nitriles is 1. The molecule has 8 nitrogen and oxygen atoms in total. The van der Waals surface area contributed by atoms with Gasteiger partial charge >= 0.3 is 0 Å². The summed E-state index contributed by atoms with van der Waals surface area (Å²) in [5.74, 6) is 0. The minimum absolute atomic E-state index is 0.229. The lowest BCUT2D eigenvalue weighted by atomic mass is 9.98. The maximum absolute atomic E-state index is 10.5. The molecule has 0 atom stereocenters. The van der Waals surface area contributed by atoms with Crippen molar-refractivity contribution in [2.45, 2.75) is 0 Å². The van der Waals surface area contributed by atoms with E-state index in [0.717, 1.165) is 143 Å². The first-order valence-corrected chi connectivity index (χ1v) is 26.6. The van der Waals surface area contributed by atoms with Gasteiger partial charge in [0.25, 0.3) is 0 Å². The zero-order valence-corrected chi connectivity index (χ0v) is 42.3. The van der Waals surface area contributed by atoms with Gasteiger partial charge in [-0.1, -0.05) is 182 Å². The summed E-state index contributed by atoms with van der Waals surface area (Å²) in [6.07, 6.45) is 3.44. The van der Waals surface area contributed by atoms with Gasteiger partial charge in [0.05, 0.1) is 107 Å². The van der Waals surface area contributed by atoms with E-state index < -0.39 is 0 Å². The van der Waals surface area contributed by atoms with E-state index in [1.165, 1.54) is 0 Å². The van der Waals surface area contributed by atoms with Gasteiger partial charge in [0, 0.05) is 53.9 Å². The highest BCUT2D eigenvalue weighted by molar-refractivity contribution is 6.19. The van der Waals surface area contributed by atoms with Crippen molar-refractivity contribution in [2.75, 3.05) is 0 Å². The minimum atomic E-state index is 0.229. The third-order valence-electron chi connectivity index (χ3n) is 16.4. The van der Waals surface area contributed by atoms with Crippen LogP contribution in [0, 0.1) is 11.3 Å². The summed E-state index contributed by atoms with van der Waals surface area (Å²) in [6.45, 7) is 0. The van der Waals surface area contributed by atoms with Crippen LogP contribution in [0.3, 0.4) is 0 Å². The summed E-state index contributed by atoms with van der Waals surface area (Å²) in [5, 5.41) is 21.7. The van der Waals surface area contributed by atoms with Gasteiger partial charge < -0.3 is 22.8 Å². The largest absolute Gasteiger partial charge is 0.306 e. The molecule has 0 bridgehead atoms. The molecule has 6 aromatic heterocycles. The number of hydrogen-bond donors (Lipinski definition) is 0. The molecule has 79 heavy (non-hydrogen) atoms. The molecule has 0 aliphatic heterocycles. The van der Waals surface area contributed by atoms with E-state index in [1.54, 1.807) is 6.20 Å². The number of fused-ring (bicyclic) bond motifs is 15. The number of para-hydroxylation sites is 10. The summed E-state index contributed by atoms with van der Waals surface area (Å²) >= 11 is 0. The Hall–Kier alpha value is -11.0. The Balaban J connectivity index is 1.30. The molecule has 11 aromatic carbocycles. The molecular formula is C71H42N8. The average molecular weight is 1010 g/mol. The maximum atomic E-state index is 10.5. The van der Waals surface area contributed by atoms with Crippen molar-refractivity contribution in [1.82, 2.24) is 32.8 Å². The molecular weight excluding hydrogens is 965 g/mol. The molecule has 0 radical (unpaired) electrons. The van der Waals surface area contributed by atoms with Gasteiger partial charge in [0.15, 0.2) is 5.69 Å². The van der Waals surface area contributed by atoms with Gasteiger partial charge in [-0.25, -0.2) is 4.98 Å². The molecule has 366 valence electrons. The Morgan fingerprint density at radius 1 is 0.241 bits per heavy atom. The molecule has 0 fully saturated rings. The molecule has 0 unspecified atom stereocenters. The van der Waals surface area contributed by atoms with Crippen LogP contribution < -0.4 is 0 Å². The fourth-order valence-electron chi connectivity index (χ4n) is 13.3. The fraction of sp³-hybridized carbons (Fsp3) is 0. The zero-order valence-electron chi connectivity index (χ0n) is 42.3. The van der Waals surface area contributed by atoms with Crippen LogP contribution in [0.5, 0.6) is 0 Å². The summed E-state index contributed by atoms with van der Waals surface area (Å²) in [4.78, 5) is 10.4. The smallest absolute Gasteiger partial charge is 0.158 e. The van der Waals surface area contributed by atoms with Crippen LogP contribution in [-0.4, -0.2) is 32.8 Å². The maximum Gasteiger partial charge on any atom is 0.158 e. The molecule has 17 rings (SSSR count). The van der Waals surface area contributed by atoms with Gasteiger partial charge in [0.2, 0.25) is 0 Å². The highest BCUT2D eigenvalue weighted by atomic mass is 15.2. The predicted octanol–water partition coefficient (Wildman–Crippen LogP) is 17.5. The van der Waals surface area contributed by atoms with Gasteiger partial charge in [-0.2, -0.15) is 5.26 Å². The summed E-state index contributed by atoms with van der Waals surface area (Å²) in [6, 6.07) is 90.4. The molecule has 17 aromatic rings. The van der Waals surface area contributed by atoms with E-state index in [1.807, 2.05) is 6.20 Å². The van der Waals surface area contributed by atoms with Crippen LogP contribution in [0.1, 0.15) is 5.69 Å². The first kappa shape index (κ1) is 43.3. The van der Waals surface area contributed by atoms with Crippen molar-refractivity contribution in [3.8, 4) is 45.8 Å². The monoisotopic (exact) mass is 1010 g/mol. The lowest BCUT2D eigenvalue weighted by molar-refractivity contribution is 0.997. The van der Waals surface area contributed by atoms with E-state index in [0.29, 0.717) is 5.69 Å². The summed E-state index contributed by atoms with van der Waals surface area (Å²) < 4.78 is 12.6. The van der Waals surface area contributed by atoms with Gasteiger partial charge in [-0.3, -0.25) is 4.98 Å². The van der Waals surface area contributed by atoms with Crippen molar-refractivity contribution < 1.29 is 0 Å². The van der Waals surface area contributed by atoms with E-state index in [4.69, 9.17) is 9.97 Å². The van der Waals surface area contributed by atoms with Crippen molar-refractivity contribution in [2.24, 2.45) is 0 Å². The van der Waals surface area contributed by atoms with Crippen LogP contribution in [0.25, 0.3) is 149 Å². The fourth-order valence-corrected chi connectivity index (χ4v) is 13.3. The van der Waals surface area contributed by atoms with Crippen LogP contribution in [0.2, 0.25) is 0 Å². The van der Waals surface area contributed by atoms with Crippen LogP contribution in [0.4, 0.5) is 0 Å². The lowest BCUT2D eigenvalue weighted by Crippen LogP contribution is -2.18. The molecule has 0 amide bonds. The summed E-state index contributed by atoms with van der Waals surface area (Å²) in [5.41, 5.74) is 16.6. The van der Waals surface area contributed by atoms with Crippen LogP contribution in [0.15, 0.2) is 255 Å². The third-order valence-corrected chi connectivity index (χ3v) is 16.4. The van der Waals surface area contributed by atoms with Gasteiger partial charge in [-0.15, -0.1) is 0 Å². The molecule has 0 N–H and O–H groups in total. The second kappa shape index (κ2) is 16.5. The quantitative estimate of drug-likeness (QED) is 0.167. The zero-order chi connectivity index (χ0) is 51.9. The molecule has 0 saturated heterocycles. The molecule has 0 aliphatic carbocycles. The number of nitrogens with zero attached hydrogens (tertiary/aromatic N) is 8. The lowest BCUT2D eigenvalue weighted by Gasteiger charge is -2.31. The number of hydrogen-bond acceptors (Lipinski definition) is 3. The van der Waals surface area contributed by atoms with Gasteiger partial charge in [0.1, 0.15) is 6.07 Å². The second-order valence-corrected chi connectivity index (χ2v) is 20.4. The summed E-state index contributed by atoms with van der Waals surface area (Å²) in [7, 11) is 0. The first-order chi connectivity index (χ1) is 39.2. The predicted molar refractivity (Wildman–Crippen MR) is 324 cm³/mol. The Labute approximate surface area is 451 Å². The Morgan fingerprint density at radius 2 is 0.443 bits per heavy atom. The van der Waals surface area contributed by atoms with Crippen molar-refractivity contribution in [1.29, 1.82) is 5.26 Å². The second-order valence-electron chi connectivity index (χ2n) is 20.4. The molecule has 8 heteroatoms. The third kappa shape index (κ3) is 5.90. The SMILES string of the molecule is N#Cc1cnc(-c2c(-n3c4ccccc4c4ccccc43)c(-n3c4ccccc4c4ccccc43)c(-n3c4ccccc4c4ccccc43)c(-n3c4ccccc4c4ccccc43)c2-n2c3ccccc3c3ccccc32)cn1. The normalized spacial score (nSPS) is 12.0. The average Bonchev–Trinajstić information content (AvgIpc) is 3.47. The van der Waals surface area contributed by atoms with E-state index in [-0.39, 0.29) is 5.69 Å². The van der Waals surface area contributed by atoms with E-state index in [9.17, 15) is 5.26 Å². The highest BCUT2D eigenvalue weighted by Gasteiger charge is 2.37. The van der Waals surface area contributed by atoms with E-state index in [2.05, 4.69) is 272 Å². The standard InChI is InChI=1S/C71H42N8/c72-41-44-42-74-55(43-73-44)66-67(75-56-31-11-1-21-45(56)46-22-2-12-32-57(46)75)69(77-60-35-15-5-25-49(60)50-26-6-16-36-61(50)77)71(79-64-39-19-9-29-53(64)54-30-10-20-40-65(54)79)70(78-62-37-17-7-27-51(62)52-28-8-18-38-63(52)78)68(66)76-58-33-13-3-23-47(58)48-24-4-14-34-59(48)76/h1-40,42-43H. The Morgan fingerprint density at radius 3 is 0.646 bits per heavy atom. The van der Waals surface area contributed by atoms with Gasteiger partial charge in [-0.05, 0) is 60.7 Å². The molecule has 0 aliphatic rings. The van der Waals surface area contributed by atoms with Crippen molar-refractivity contribution >= 4 is 109 Å². The topological polar surface area (TPSA) is 74.2 Å². The first-order valence-electron chi connectivity index (χ1n) is 26.6. The van der Waals surface area contributed by atoms with Crippen LogP contribution in [-0.2, 0) is 0 Å². The number of rotatable bonds is 6. The van der Waals surface area contributed by atoms with Crippen LogP contribution >= 0.6 is 0 Å². The number of aromatic nitrogens is 7. The minimum Gasteiger partial charge on any atom is -0.306 e. The Bertz CT molecular complexity index is 4940. The Kier molecular flexibility index (Phi) is 9.03.